The van der Waals surface area contributed by atoms with E-state index in [0.717, 1.165) is 10.9 Å². The van der Waals surface area contributed by atoms with Crippen LogP contribution in [0.2, 0.25) is 10.0 Å². The highest BCUT2D eigenvalue weighted by atomic mass is 35.5. The molecular formula is C15H11Cl2N3O. The molecular weight excluding hydrogens is 309 g/mol. The van der Waals surface area contributed by atoms with Crippen molar-refractivity contribution in [1.29, 1.82) is 0 Å². The number of aromatic amines is 1. The molecule has 0 aliphatic heterocycles. The van der Waals surface area contributed by atoms with Crippen LogP contribution in [-0.4, -0.2) is 10.9 Å². The molecule has 2 aromatic carbocycles. The summed E-state index contributed by atoms with van der Waals surface area (Å²) < 4.78 is 0. The normalized spacial score (nSPS) is 10.8. The highest BCUT2D eigenvalue weighted by Gasteiger charge is 2.12. The molecule has 3 rings (SSSR count). The fourth-order valence-electron chi connectivity index (χ4n) is 2.16. The van der Waals surface area contributed by atoms with Crippen molar-refractivity contribution in [1.82, 2.24) is 4.98 Å². The highest BCUT2D eigenvalue weighted by Crippen LogP contribution is 2.25. The zero-order valence-corrected chi connectivity index (χ0v) is 12.3. The van der Waals surface area contributed by atoms with Crippen LogP contribution < -0.4 is 11.1 Å². The maximum Gasteiger partial charge on any atom is 0.257 e. The molecule has 0 aliphatic carbocycles. The number of nitrogen functional groups attached to an aromatic ring is 1. The predicted octanol–water partition coefficient (Wildman–Crippen LogP) is 4.31. The number of carbonyl (C=O) groups is 1. The first-order valence-corrected chi connectivity index (χ1v) is 6.92. The van der Waals surface area contributed by atoms with Crippen LogP contribution in [0.3, 0.4) is 0 Å². The molecule has 0 saturated carbocycles. The minimum atomic E-state index is -0.246. The Hall–Kier alpha value is -2.17. The molecule has 6 heteroatoms. The van der Waals surface area contributed by atoms with Gasteiger partial charge in [0.1, 0.15) is 0 Å². The van der Waals surface area contributed by atoms with Gasteiger partial charge in [0.15, 0.2) is 0 Å². The molecule has 0 unspecified atom stereocenters. The van der Waals surface area contributed by atoms with E-state index in [1.54, 1.807) is 42.6 Å². The first-order chi connectivity index (χ1) is 10.0. The number of hydrogen-bond donors (Lipinski definition) is 3. The Labute approximate surface area is 130 Å². The lowest BCUT2D eigenvalue weighted by molar-refractivity contribution is 0.102. The largest absolute Gasteiger partial charge is 0.399 e. The van der Waals surface area contributed by atoms with E-state index in [-0.39, 0.29) is 5.91 Å². The fraction of sp³-hybridized carbons (Fsp3) is 0. The number of anilines is 2. The lowest BCUT2D eigenvalue weighted by atomic mass is 10.1. The minimum absolute atomic E-state index is 0.246. The van der Waals surface area contributed by atoms with E-state index in [0.29, 0.717) is 27.0 Å². The van der Waals surface area contributed by atoms with Crippen LogP contribution in [0.1, 0.15) is 10.4 Å². The molecule has 0 radical (unpaired) electrons. The first kappa shape index (κ1) is 13.8. The van der Waals surface area contributed by atoms with Crippen molar-refractivity contribution in [3.8, 4) is 0 Å². The number of H-pyrrole nitrogens is 1. The zero-order valence-electron chi connectivity index (χ0n) is 10.8. The lowest BCUT2D eigenvalue weighted by Gasteiger charge is -2.06. The number of carbonyl (C=O) groups excluding carboxylic acids is 1. The first-order valence-electron chi connectivity index (χ1n) is 6.17. The topological polar surface area (TPSA) is 70.9 Å². The van der Waals surface area contributed by atoms with Crippen molar-refractivity contribution < 1.29 is 4.79 Å². The van der Waals surface area contributed by atoms with Crippen molar-refractivity contribution in [3.05, 3.63) is 58.2 Å². The molecule has 1 aromatic heterocycles. The van der Waals surface area contributed by atoms with E-state index in [1.807, 2.05) is 0 Å². The van der Waals surface area contributed by atoms with Gasteiger partial charge in [0.2, 0.25) is 0 Å². The van der Waals surface area contributed by atoms with E-state index in [9.17, 15) is 4.79 Å². The van der Waals surface area contributed by atoms with Crippen LogP contribution >= 0.6 is 23.2 Å². The van der Waals surface area contributed by atoms with E-state index in [2.05, 4.69) is 10.3 Å². The molecule has 0 atom stereocenters. The summed E-state index contributed by atoms with van der Waals surface area (Å²) in [6.07, 6.45) is 1.64. The van der Waals surface area contributed by atoms with Gasteiger partial charge in [-0.1, -0.05) is 23.2 Å². The fourth-order valence-corrected chi connectivity index (χ4v) is 2.68. The quantitative estimate of drug-likeness (QED) is 0.616. The lowest BCUT2D eigenvalue weighted by Crippen LogP contribution is -2.11. The zero-order chi connectivity index (χ0) is 15.0. The third kappa shape index (κ3) is 2.82. The number of hydrogen-bond acceptors (Lipinski definition) is 2. The van der Waals surface area contributed by atoms with Crippen LogP contribution in [0, 0.1) is 0 Å². The van der Waals surface area contributed by atoms with Gasteiger partial charge in [-0.3, -0.25) is 4.79 Å². The van der Waals surface area contributed by atoms with Gasteiger partial charge < -0.3 is 16.0 Å². The Morgan fingerprint density at radius 3 is 2.52 bits per heavy atom. The molecule has 0 spiro atoms. The smallest absolute Gasteiger partial charge is 0.257 e. The number of amides is 1. The van der Waals surface area contributed by atoms with Crippen LogP contribution in [0.5, 0.6) is 0 Å². The van der Waals surface area contributed by atoms with Gasteiger partial charge in [-0.15, -0.1) is 0 Å². The van der Waals surface area contributed by atoms with Gasteiger partial charge in [0.25, 0.3) is 5.91 Å². The number of nitrogens with two attached hydrogens (primary N) is 1. The van der Waals surface area contributed by atoms with Crippen LogP contribution in [0.15, 0.2) is 42.6 Å². The molecule has 1 amide bonds. The van der Waals surface area contributed by atoms with Crippen molar-refractivity contribution >= 4 is 51.4 Å². The average Bonchev–Trinajstić information content (AvgIpc) is 2.80. The minimum Gasteiger partial charge on any atom is -0.399 e. The van der Waals surface area contributed by atoms with Crippen molar-refractivity contribution in [3.63, 3.8) is 0 Å². The number of benzene rings is 2. The Bertz CT molecular complexity index is 822. The molecule has 1 heterocycles. The predicted molar refractivity (Wildman–Crippen MR) is 87.1 cm³/mol. The van der Waals surface area contributed by atoms with Gasteiger partial charge >= 0.3 is 0 Å². The van der Waals surface area contributed by atoms with E-state index in [4.69, 9.17) is 28.9 Å². The summed E-state index contributed by atoms with van der Waals surface area (Å²) in [4.78, 5) is 15.4. The summed E-state index contributed by atoms with van der Waals surface area (Å²) in [5, 5.41) is 4.50. The SMILES string of the molecule is Nc1ccc2c(C(=O)Nc3cc(Cl)cc(Cl)c3)c[nH]c2c1. The second-order valence-electron chi connectivity index (χ2n) is 4.62. The van der Waals surface area contributed by atoms with Crippen LogP contribution in [0.4, 0.5) is 11.4 Å². The third-order valence-electron chi connectivity index (χ3n) is 3.07. The second-order valence-corrected chi connectivity index (χ2v) is 5.49. The maximum absolute atomic E-state index is 12.3. The summed E-state index contributed by atoms with van der Waals surface area (Å²) in [5.41, 5.74) is 8.24. The Balaban J connectivity index is 1.93. The number of rotatable bonds is 2. The molecule has 0 saturated heterocycles. The van der Waals surface area contributed by atoms with Crippen LogP contribution in [0.25, 0.3) is 10.9 Å². The summed E-state index contributed by atoms with van der Waals surface area (Å²) in [5.74, 6) is -0.246. The number of halogens is 2. The van der Waals surface area contributed by atoms with Crippen molar-refractivity contribution in [2.75, 3.05) is 11.1 Å². The van der Waals surface area contributed by atoms with Crippen LogP contribution in [-0.2, 0) is 0 Å². The molecule has 21 heavy (non-hydrogen) atoms. The molecule has 4 N–H and O–H groups in total. The summed E-state index contributed by atoms with van der Waals surface area (Å²) in [6.45, 7) is 0. The van der Waals surface area contributed by atoms with Crippen molar-refractivity contribution in [2.45, 2.75) is 0 Å². The second kappa shape index (κ2) is 5.31. The van der Waals surface area contributed by atoms with Gasteiger partial charge in [0.05, 0.1) is 5.56 Å². The summed E-state index contributed by atoms with van der Waals surface area (Å²) >= 11 is 11.8. The third-order valence-corrected chi connectivity index (χ3v) is 3.51. The highest BCUT2D eigenvalue weighted by molar-refractivity contribution is 6.35. The van der Waals surface area contributed by atoms with E-state index < -0.39 is 0 Å². The van der Waals surface area contributed by atoms with E-state index >= 15 is 0 Å². The molecule has 0 fully saturated rings. The van der Waals surface area contributed by atoms with Gasteiger partial charge in [-0.05, 0) is 36.4 Å². The molecule has 0 aliphatic rings. The van der Waals surface area contributed by atoms with Gasteiger partial charge in [-0.2, -0.15) is 0 Å². The van der Waals surface area contributed by atoms with E-state index in [1.165, 1.54) is 0 Å². The van der Waals surface area contributed by atoms with Crippen molar-refractivity contribution in [2.24, 2.45) is 0 Å². The maximum atomic E-state index is 12.3. The van der Waals surface area contributed by atoms with Gasteiger partial charge in [-0.25, -0.2) is 0 Å². The molecule has 3 aromatic rings. The monoisotopic (exact) mass is 319 g/mol. The standard InChI is InChI=1S/C15H11Cl2N3O/c16-8-3-9(17)5-11(4-8)20-15(21)13-7-19-14-6-10(18)1-2-12(13)14/h1-7,19H,18H2,(H,20,21). The Morgan fingerprint density at radius 2 is 1.81 bits per heavy atom. The average molecular weight is 320 g/mol. The molecule has 106 valence electrons. The Kier molecular flexibility index (Phi) is 3.49. The Morgan fingerprint density at radius 1 is 1.10 bits per heavy atom. The summed E-state index contributed by atoms with van der Waals surface area (Å²) in [6, 6.07) is 10.2. The molecule has 0 bridgehead atoms. The number of nitrogens with one attached hydrogen (secondary N) is 2. The van der Waals surface area contributed by atoms with Gasteiger partial charge in [0, 0.05) is 38.5 Å². The number of aromatic nitrogens is 1. The number of fused-ring (bicyclic) bond motifs is 1. The molecule has 4 nitrogen and oxygen atoms in total. The summed E-state index contributed by atoms with van der Waals surface area (Å²) in [7, 11) is 0.